The van der Waals surface area contributed by atoms with Gasteiger partial charge < -0.3 is 9.84 Å². The minimum absolute atomic E-state index is 0.0507. The Morgan fingerprint density at radius 1 is 1.11 bits per heavy atom. The van der Waals surface area contributed by atoms with Gasteiger partial charge in [0.25, 0.3) is 0 Å². The fraction of sp³-hybridized carbons (Fsp3) is 0.381. The van der Waals surface area contributed by atoms with Crippen molar-refractivity contribution in [2.45, 2.75) is 38.5 Å². The first kappa shape index (κ1) is 19.4. The van der Waals surface area contributed by atoms with Crippen LogP contribution in [0, 0.1) is 5.92 Å². The van der Waals surface area contributed by atoms with Gasteiger partial charge in [0.15, 0.2) is 0 Å². The van der Waals surface area contributed by atoms with Gasteiger partial charge in [-0.05, 0) is 29.7 Å². The van der Waals surface area contributed by atoms with E-state index in [1.807, 2.05) is 13.8 Å². The SMILES string of the molecule is CC(C)C(=O)CCCOc1ccc2c(c1)C(O)(C(F)(F)F)c1ccccc1-2. The summed E-state index contributed by atoms with van der Waals surface area (Å²) in [6.45, 7) is 3.85. The first-order valence-corrected chi connectivity index (χ1v) is 8.85. The summed E-state index contributed by atoms with van der Waals surface area (Å²) in [4.78, 5) is 11.6. The minimum atomic E-state index is -4.86. The third-order valence-corrected chi connectivity index (χ3v) is 4.88. The van der Waals surface area contributed by atoms with E-state index in [9.17, 15) is 23.1 Å². The Hall–Kier alpha value is -2.34. The van der Waals surface area contributed by atoms with Crippen molar-refractivity contribution in [2.75, 3.05) is 6.61 Å². The molecular formula is C21H21F3O3. The average molecular weight is 378 g/mol. The van der Waals surface area contributed by atoms with Crippen molar-refractivity contribution in [2.24, 2.45) is 5.92 Å². The van der Waals surface area contributed by atoms with Crippen molar-refractivity contribution < 1.29 is 27.8 Å². The lowest BCUT2D eigenvalue weighted by Crippen LogP contribution is -2.41. The highest BCUT2D eigenvalue weighted by Gasteiger charge is 2.60. The predicted octanol–water partition coefficient (Wildman–Crippen LogP) is 4.85. The molecular weight excluding hydrogens is 357 g/mol. The molecule has 0 aromatic heterocycles. The van der Waals surface area contributed by atoms with Gasteiger partial charge in [0.1, 0.15) is 11.5 Å². The number of carbonyl (C=O) groups is 1. The molecule has 0 bridgehead atoms. The number of Topliss-reactive ketones (excluding diaryl/α,β-unsaturated/α-hetero) is 1. The molecule has 1 aliphatic rings. The van der Waals surface area contributed by atoms with Gasteiger partial charge in [-0.1, -0.05) is 44.2 Å². The highest BCUT2D eigenvalue weighted by molar-refractivity contribution is 5.81. The summed E-state index contributed by atoms with van der Waals surface area (Å²) in [5.41, 5.74) is -2.76. The molecule has 1 unspecified atom stereocenters. The van der Waals surface area contributed by atoms with Crippen LogP contribution in [0.15, 0.2) is 42.5 Å². The standard InChI is InChI=1S/C21H21F3O3/c1-13(2)19(25)8-5-11-27-14-9-10-16-15-6-3-4-7-17(15)20(26,18(16)12-14)21(22,23)24/h3-4,6-7,9-10,12-13,26H,5,8,11H2,1-2H3. The summed E-state index contributed by atoms with van der Waals surface area (Å²) < 4.78 is 46.9. The molecule has 0 heterocycles. The lowest BCUT2D eigenvalue weighted by Gasteiger charge is -2.28. The van der Waals surface area contributed by atoms with Crippen molar-refractivity contribution in [3.63, 3.8) is 0 Å². The summed E-state index contributed by atoms with van der Waals surface area (Å²) in [6.07, 6.45) is -4.02. The Morgan fingerprint density at radius 2 is 1.78 bits per heavy atom. The molecule has 144 valence electrons. The van der Waals surface area contributed by atoms with Gasteiger partial charge in [-0.25, -0.2) is 0 Å². The van der Waals surface area contributed by atoms with E-state index in [0.29, 0.717) is 24.0 Å². The Morgan fingerprint density at radius 3 is 2.44 bits per heavy atom. The minimum Gasteiger partial charge on any atom is -0.494 e. The van der Waals surface area contributed by atoms with Crippen LogP contribution in [0.1, 0.15) is 37.8 Å². The summed E-state index contributed by atoms with van der Waals surface area (Å²) in [5.74, 6) is 0.306. The van der Waals surface area contributed by atoms with E-state index in [2.05, 4.69) is 0 Å². The van der Waals surface area contributed by atoms with Crippen molar-refractivity contribution in [3.05, 3.63) is 53.6 Å². The molecule has 3 nitrogen and oxygen atoms in total. The summed E-state index contributed by atoms with van der Waals surface area (Å²) in [6, 6.07) is 10.3. The molecule has 3 rings (SSSR count). The maximum absolute atomic E-state index is 13.8. The van der Waals surface area contributed by atoms with E-state index < -0.39 is 11.8 Å². The second kappa shape index (κ2) is 7.00. The summed E-state index contributed by atoms with van der Waals surface area (Å²) in [7, 11) is 0. The number of ether oxygens (including phenoxy) is 1. The van der Waals surface area contributed by atoms with E-state index >= 15 is 0 Å². The quantitative estimate of drug-likeness (QED) is 0.731. The third kappa shape index (κ3) is 3.34. The monoisotopic (exact) mass is 378 g/mol. The summed E-state index contributed by atoms with van der Waals surface area (Å²) in [5, 5.41) is 10.6. The molecule has 27 heavy (non-hydrogen) atoms. The van der Waals surface area contributed by atoms with Gasteiger partial charge in [-0.3, -0.25) is 4.79 Å². The third-order valence-electron chi connectivity index (χ3n) is 4.88. The molecule has 0 fully saturated rings. The van der Waals surface area contributed by atoms with Crippen LogP contribution in [0.3, 0.4) is 0 Å². The van der Waals surface area contributed by atoms with Crippen LogP contribution >= 0.6 is 0 Å². The largest absolute Gasteiger partial charge is 0.494 e. The van der Waals surface area contributed by atoms with Crippen molar-refractivity contribution in [1.82, 2.24) is 0 Å². The Balaban J connectivity index is 1.85. The number of hydrogen-bond acceptors (Lipinski definition) is 3. The van der Waals surface area contributed by atoms with Gasteiger partial charge in [0.2, 0.25) is 5.60 Å². The van der Waals surface area contributed by atoms with Crippen LogP contribution < -0.4 is 4.74 Å². The van der Waals surface area contributed by atoms with Gasteiger partial charge in [0, 0.05) is 23.5 Å². The maximum atomic E-state index is 13.8. The molecule has 0 amide bonds. The summed E-state index contributed by atoms with van der Waals surface area (Å²) >= 11 is 0. The Kier molecular flexibility index (Phi) is 5.04. The number of carbonyl (C=O) groups excluding carboxylic acids is 1. The van der Waals surface area contributed by atoms with Gasteiger partial charge in [-0.2, -0.15) is 13.2 Å². The fourth-order valence-electron chi connectivity index (χ4n) is 3.36. The number of aliphatic hydroxyl groups is 1. The second-order valence-electron chi connectivity index (χ2n) is 7.03. The number of alkyl halides is 3. The normalized spacial score (nSPS) is 18.3. The molecule has 6 heteroatoms. The molecule has 0 saturated carbocycles. The molecule has 2 aromatic rings. The van der Waals surface area contributed by atoms with Crippen molar-refractivity contribution >= 4 is 5.78 Å². The van der Waals surface area contributed by atoms with E-state index in [1.54, 1.807) is 18.2 Å². The van der Waals surface area contributed by atoms with Crippen molar-refractivity contribution in [1.29, 1.82) is 0 Å². The number of hydrogen-bond donors (Lipinski definition) is 1. The highest BCUT2D eigenvalue weighted by Crippen LogP contribution is 2.55. The Labute approximate surface area is 155 Å². The molecule has 0 radical (unpaired) electrons. The van der Waals surface area contributed by atoms with E-state index in [4.69, 9.17) is 4.74 Å². The number of rotatable bonds is 6. The topological polar surface area (TPSA) is 46.5 Å². The molecule has 1 N–H and O–H groups in total. The first-order chi connectivity index (χ1) is 12.7. The predicted molar refractivity (Wildman–Crippen MR) is 95.5 cm³/mol. The zero-order chi connectivity index (χ0) is 19.8. The van der Waals surface area contributed by atoms with E-state index in [0.717, 1.165) is 0 Å². The number of fused-ring (bicyclic) bond motifs is 3. The van der Waals surface area contributed by atoms with E-state index in [-0.39, 0.29) is 35.2 Å². The number of benzene rings is 2. The van der Waals surface area contributed by atoms with Gasteiger partial charge >= 0.3 is 6.18 Å². The fourth-order valence-corrected chi connectivity index (χ4v) is 3.36. The lowest BCUT2D eigenvalue weighted by molar-refractivity contribution is -0.246. The van der Waals surface area contributed by atoms with Crippen LogP contribution in [0.25, 0.3) is 11.1 Å². The molecule has 0 spiro atoms. The first-order valence-electron chi connectivity index (χ1n) is 8.85. The smallest absolute Gasteiger partial charge is 0.425 e. The van der Waals surface area contributed by atoms with Crippen LogP contribution in [0.4, 0.5) is 13.2 Å². The molecule has 0 aliphatic heterocycles. The maximum Gasteiger partial charge on any atom is 0.425 e. The lowest BCUT2D eigenvalue weighted by atomic mass is 9.90. The average Bonchev–Trinajstić information content (AvgIpc) is 2.88. The van der Waals surface area contributed by atoms with Gasteiger partial charge in [-0.15, -0.1) is 0 Å². The number of ketones is 1. The zero-order valence-electron chi connectivity index (χ0n) is 15.1. The second-order valence-corrected chi connectivity index (χ2v) is 7.03. The number of halogens is 3. The zero-order valence-corrected chi connectivity index (χ0v) is 15.1. The van der Waals surface area contributed by atoms with Crippen LogP contribution in [-0.4, -0.2) is 23.7 Å². The van der Waals surface area contributed by atoms with E-state index in [1.165, 1.54) is 24.3 Å². The Bertz CT molecular complexity index is 858. The molecule has 0 saturated heterocycles. The van der Waals surface area contributed by atoms with Crippen LogP contribution in [-0.2, 0) is 10.4 Å². The van der Waals surface area contributed by atoms with Gasteiger partial charge in [0.05, 0.1) is 6.61 Å². The molecule has 1 aliphatic carbocycles. The van der Waals surface area contributed by atoms with Crippen LogP contribution in [0.2, 0.25) is 0 Å². The van der Waals surface area contributed by atoms with Crippen molar-refractivity contribution in [3.8, 4) is 16.9 Å². The highest BCUT2D eigenvalue weighted by atomic mass is 19.4. The molecule has 2 aromatic carbocycles. The van der Waals surface area contributed by atoms with Crippen LogP contribution in [0.5, 0.6) is 5.75 Å². The molecule has 1 atom stereocenters.